The Hall–Kier alpha value is -1.81. The van der Waals surface area contributed by atoms with Crippen molar-refractivity contribution in [3.05, 3.63) is 64.0 Å². The summed E-state index contributed by atoms with van der Waals surface area (Å²) < 4.78 is 1.95. The average molecular weight is 349 g/mol. The van der Waals surface area contributed by atoms with Crippen LogP contribution in [0.2, 0.25) is 15.5 Å². The van der Waals surface area contributed by atoms with Gasteiger partial charge in [0.05, 0.1) is 11.0 Å². The zero-order chi connectivity index (χ0) is 15.3. The first kappa shape index (κ1) is 13.8. The molecule has 22 heavy (non-hydrogen) atoms. The molecule has 2 aromatic carbocycles. The fourth-order valence-corrected chi connectivity index (χ4v) is 3.22. The van der Waals surface area contributed by atoms with E-state index in [4.69, 9.17) is 34.8 Å². The highest BCUT2D eigenvalue weighted by Crippen LogP contribution is 2.35. The lowest BCUT2D eigenvalue weighted by Crippen LogP contribution is -2.01. The Morgan fingerprint density at radius 3 is 1.86 bits per heavy atom. The van der Waals surface area contributed by atoms with E-state index in [-0.39, 0.29) is 15.5 Å². The normalized spacial score (nSPS) is 11.4. The maximum atomic E-state index is 6.32. The number of nitrogens with zero attached hydrogens (tertiary/aromatic N) is 3. The van der Waals surface area contributed by atoms with Crippen LogP contribution in [0.25, 0.3) is 27.6 Å². The third-order valence-corrected chi connectivity index (χ3v) is 4.45. The highest BCUT2D eigenvalue weighted by Gasteiger charge is 2.17. The molecule has 0 N–H and O–H groups in total. The molecule has 0 aliphatic heterocycles. The Balaban J connectivity index is 2.23. The summed E-state index contributed by atoms with van der Waals surface area (Å²) in [4.78, 5) is 8.16. The molecule has 0 aliphatic carbocycles. The number of aromatic nitrogens is 3. The molecule has 0 saturated carbocycles. The summed E-state index contributed by atoms with van der Waals surface area (Å²) in [6.07, 6.45) is 0. The molecule has 4 rings (SSSR count). The van der Waals surface area contributed by atoms with E-state index in [1.807, 2.05) is 41.0 Å². The molecular weight excluding hydrogens is 341 g/mol. The standard InChI is InChI=1S/C16H8Cl3N3/c17-13-14(18)20-16(19)21-15(13)22-11-7-3-1-5-9(11)10-6-2-4-8-12(10)22/h1-8H. The zero-order valence-electron chi connectivity index (χ0n) is 11.1. The Labute approximate surface area is 141 Å². The first-order valence-electron chi connectivity index (χ1n) is 6.54. The van der Waals surface area contributed by atoms with E-state index in [9.17, 15) is 0 Å². The summed E-state index contributed by atoms with van der Waals surface area (Å²) in [5, 5.41) is 2.70. The van der Waals surface area contributed by atoms with Gasteiger partial charge in [-0.15, -0.1) is 0 Å². The molecule has 0 bridgehead atoms. The van der Waals surface area contributed by atoms with Crippen molar-refractivity contribution in [3.8, 4) is 5.82 Å². The summed E-state index contributed by atoms with van der Waals surface area (Å²) in [6, 6.07) is 16.1. The van der Waals surface area contributed by atoms with Crippen molar-refractivity contribution >= 4 is 56.6 Å². The van der Waals surface area contributed by atoms with E-state index in [1.165, 1.54) is 0 Å². The maximum Gasteiger partial charge on any atom is 0.225 e. The van der Waals surface area contributed by atoms with E-state index < -0.39 is 0 Å². The van der Waals surface area contributed by atoms with Crippen molar-refractivity contribution in [2.45, 2.75) is 0 Å². The van der Waals surface area contributed by atoms with Gasteiger partial charge in [-0.25, -0.2) is 4.98 Å². The summed E-state index contributed by atoms with van der Waals surface area (Å²) in [5.74, 6) is 0.476. The van der Waals surface area contributed by atoms with Gasteiger partial charge in [-0.3, -0.25) is 4.57 Å². The van der Waals surface area contributed by atoms with Crippen LogP contribution in [0.15, 0.2) is 48.5 Å². The average Bonchev–Trinajstić information content (AvgIpc) is 2.85. The third-order valence-electron chi connectivity index (χ3n) is 3.56. The Bertz CT molecular complexity index is 971. The second-order valence-corrected chi connectivity index (χ2v) is 5.86. The molecule has 0 aliphatic rings. The van der Waals surface area contributed by atoms with E-state index in [0.717, 1.165) is 21.8 Å². The van der Waals surface area contributed by atoms with Crippen molar-refractivity contribution in [2.24, 2.45) is 0 Å². The van der Waals surface area contributed by atoms with Crippen LogP contribution in [0.1, 0.15) is 0 Å². The molecule has 0 radical (unpaired) electrons. The van der Waals surface area contributed by atoms with Gasteiger partial charge in [-0.2, -0.15) is 4.98 Å². The topological polar surface area (TPSA) is 30.7 Å². The number of hydrogen-bond acceptors (Lipinski definition) is 2. The lowest BCUT2D eigenvalue weighted by Gasteiger charge is -2.09. The zero-order valence-corrected chi connectivity index (χ0v) is 13.4. The van der Waals surface area contributed by atoms with Crippen LogP contribution >= 0.6 is 34.8 Å². The van der Waals surface area contributed by atoms with Crippen molar-refractivity contribution in [1.29, 1.82) is 0 Å². The van der Waals surface area contributed by atoms with Gasteiger partial charge in [0, 0.05) is 10.8 Å². The minimum atomic E-state index is 0.0614. The molecule has 2 heterocycles. The van der Waals surface area contributed by atoms with Gasteiger partial charge in [0.25, 0.3) is 0 Å². The molecule has 0 fully saturated rings. The summed E-state index contributed by atoms with van der Waals surface area (Å²) in [5.41, 5.74) is 1.97. The number of fused-ring (bicyclic) bond motifs is 3. The third kappa shape index (κ3) is 1.97. The summed E-state index contributed by atoms with van der Waals surface area (Å²) in [7, 11) is 0. The molecule has 2 aromatic heterocycles. The van der Waals surface area contributed by atoms with Crippen molar-refractivity contribution in [3.63, 3.8) is 0 Å². The largest absolute Gasteiger partial charge is 0.292 e. The number of para-hydroxylation sites is 2. The molecule has 0 atom stereocenters. The number of benzene rings is 2. The van der Waals surface area contributed by atoms with Crippen molar-refractivity contribution < 1.29 is 0 Å². The lowest BCUT2D eigenvalue weighted by molar-refractivity contribution is 1.04. The second-order valence-electron chi connectivity index (χ2n) is 4.79. The van der Waals surface area contributed by atoms with E-state index in [0.29, 0.717) is 5.82 Å². The molecule has 0 spiro atoms. The number of halogens is 3. The molecular formula is C16H8Cl3N3. The van der Waals surface area contributed by atoms with Crippen LogP contribution in [-0.4, -0.2) is 14.5 Å². The van der Waals surface area contributed by atoms with Gasteiger partial charge in [-0.1, -0.05) is 59.6 Å². The van der Waals surface area contributed by atoms with Crippen LogP contribution in [0, 0.1) is 0 Å². The monoisotopic (exact) mass is 347 g/mol. The molecule has 6 heteroatoms. The number of hydrogen-bond donors (Lipinski definition) is 0. The van der Waals surface area contributed by atoms with E-state index >= 15 is 0 Å². The minimum absolute atomic E-state index is 0.0614. The van der Waals surface area contributed by atoms with E-state index in [1.54, 1.807) is 0 Å². The van der Waals surface area contributed by atoms with Crippen LogP contribution in [0.3, 0.4) is 0 Å². The smallest absolute Gasteiger partial charge is 0.225 e. The van der Waals surface area contributed by atoms with Gasteiger partial charge >= 0.3 is 0 Å². The quantitative estimate of drug-likeness (QED) is 0.334. The Kier molecular flexibility index (Phi) is 3.22. The number of rotatable bonds is 1. The molecule has 0 amide bonds. The van der Waals surface area contributed by atoms with Crippen LogP contribution in [0.4, 0.5) is 0 Å². The van der Waals surface area contributed by atoms with Gasteiger partial charge in [0.1, 0.15) is 5.02 Å². The predicted octanol–water partition coefficient (Wildman–Crippen LogP) is 5.53. The maximum absolute atomic E-state index is 6.32. The van der Waals surface area contributed by atoms with Gasteiger partial charge in [0.2, 0.25) is 5.28 Å². The highest BCUT2D eigenvalue weighted by atomic mass is 35.5. The fourth-order valence-electron chi connectivity index (χ4n) is 2.68. The molecule has 108 valence electrons. The first-order valence-corrected chi connectivity index (χ1v) is 7.67. The van der Waals surface area contributed by atoms with Crippen LogP contribution in [-0.2, 0) is 0 Å². The molecule has 4 aromatic rings. The van der Waals surface area contributed by atoms with Crippen molar-refractivity contribution in [2.75, 3.05) is 0 Å². The van der Waals surface area contributed by atoms with E-state index in [2.05, 4.69) is 22.1 Å². The molecule has 0 saturated heterocycles. The van der Waals surface area contributed by atoms with Crippen LogP contribution in [0.5, 0.6) is 0 Å². The predicted molar refractivity (Wildman–Crippen MR) is 91.4 cm³/mol. The first-order chi connectivity index (χ1) is 10.7. The van der Waals surface area contributed by atoms with Gasteiger partial charge < -0.3 is 0 Å². The minimum Gasteiger partial charge on any atom is -0.292 e. The second kappa shape index (κ2) is 5.13. The Morgan fingerprint density at radius 1 is 0.727 bits per heavy atom. The van der Waals surface area contributed by atoms with Gasteiger partial charge in [-0.05, 0) is 23.7 Å². The molecule has 3 nitrogen and oxygen atoms in total. The summed E-state index contributed by atoms with van der Waals surface area (Å²) in [6.45, 7) is 0. The lowest BCUT2D eigenvalue weighted by atomic mass is 10.2. The van der Waals surface area contributed by atoms with Crippen molar-refractivity contribution in [1.82, 2.24) is 14.5 Å². The van der Waals surface area contributed by atoms with Crippen LogP contribution < -0.4 is 0 Å². The Morgan fingerprint density at radius 2 is 1.27 bits per heavy atom. The van der Waals surface area contributed by atoms with Gasteiger partial charge in [0.15, 0.2) is 11.0 Å². The summed E-state index contributed by atoms with van der Waals surface area (Å²) >= 11 is 18.3. The fraction of sp³-hybridized carbons (Fsp3) is 0. The highest BCUT2D eigenvalue weighted by molar-refractivity contribution is 6.43. The molecule has 0 unspecified atom stereocenters. The SMILES string of the molecule is Clc1nc(Cl)c(Cl)c(-n2c3ccccc3c3ccccc32)n1.